The van der Waals surface area contributed by atoms with E-state index in [2.05, 4.69) is 48.6 Å². The van der Waals surface area contributed by atoms with Gasteiger partial charge in [0.25, 0.3) is 0 Å². The van der Waals surface area contributed by atoms with Crippen LogP contribution in [0.2, 0.25) is 0 Å². The van der Waals surface area contributed by atoms with Gasteiger partial charge in [-0.2, -0.15) is 8.42 Å². The molecule has 0 aliphatic carbocycles. The van der Waals surface area contributed by atoms with Crippen molar-refractivity contribution in [2.24, 2.45) is 0 Å². The number of unbranched alkanes of at least 4 members (excludes halogenated alkanes) is 20. The topological polar surface area (TPSA) is 195 Å². The van der Waals surface area contributed by atoms with Crippen LogP contribution in [0.3, 0.4) is 0 Å². The number of hydrogen-bond acceptors (Lipinski definition) is 11. The van der Waals surface area contributed by atoms with E-state index < -0.39 is 71.6 Å². The predicted molar refractivity (Wildman–Crippen MR) is 257 cm³/mol. The number of carbonyl (C=O) groups excluding carboxylic acids is 3. The number of hydrogen-bond donors (Lipinski definition) is 4. The fraction of sp³-hybridized carbons (Fsp3) is 0.712. The summed E-state index contributed by atoms with van der Waals surface area (Å²) in [7, 11) is -5.17. The van der Waals surface area contributed by atoms with Gasteiger partial charge in [0, 0.05) is 12.8 Å². The first-order chi connectivity index (χ1) is 32.0. The van der Waals surface area contributed by atoms with E-state index in [4.69, 9.17) is 18.4 Å². The fourth-order valence-electron chi connectivity index (χ4n) is 8.66. The van der Waals surface area contributed by atoms with Crippen molar-refractivity contribution >= 4 is 28.2 Å². The molecule has 1 fully saturated rings. The maximum Gasteiger partial charge on any atom is 0.397 e. The molecule has 0 spiro atoms. The monoisotopic (exact) mass is 946 g/mol. The smallest absolute Gasteiger partial charge is 0.397 e. The van der Waals surface area contributed by atoms with Crippen LogP contribution in [-0.4, -0.2) is 84.4 Å². The summed E-state index contributed by atoms with van der Waals surface area (Å²) in [5.41, 5.74) is 2.69. The van der Waals surface area contributed by atoms with Crippen molar-refractivity contribution in [2.45, 2.75) is 230 Å². The summed E-state index contributed by atoms with van der Waals surface area (Å²) in [5, 5.41) is 23.7. The zero-order valence-electron chi connectivity index (χ0n) is 39.9. The molecular weight excluding hydrogens is 863 g/mol. The van der Waals surface area contributed by atoms with E-state index >= 15 is 0 Å². The molecule has 1 aliphatic heterocycles. The highest BCUT2D eigenvalue weighted by molar-refractivity contribution is 7.80. The Morgan fingerprint density at radius 2 is 1.09 bits per heavy atom. The summed E-state index contributed by atoms with van der Waals surface area (Å²) in [5.74, 6) is -1.80. The standard InChI is InChI=1S/C52H83NO12S/c1-2-3-4-5-6-7-12-17-28-37-44(62-47(56)38-29-18-13-8-10-15-22-31-42-33-24-20-25-34-42)40-46(55)53-49-51(50(65-66(59,60)61)45(41-54)63-52(49)58)64-48(57)39-30-19-14-9-11-16-23-32-43-35-26-21-27-36-43/h20-21,24-27,33-36,44-45,49-52,54,58H,2-19,22-23,28-32,37-41H2,1H3,(H,53,55)(H,59,60,61)/t44?,45-,49-,50-,51-,52?/m1/s1. The van der Waals surface area contributed by atoms with Crippen molar-refractivity contribution in [3.05, 3.63) is 71.8 Å². The maximum absolute atomic E-state index is 13.7. The summed E-state index contributed by atoms with van der Waals surface area (Å²) in [6.07, 6.45) is 18.3. The second-order valence-electron chi connectivity index (χ2n) is 18.1. The molecule has 0 aromatic heterocycles. The van der Waals surface area contributed by atoms with Crippen LogP contribution in [0.15, 0.2) is 60.7 Å². The van der Waals surface area contributed by atoms with Gasteiger partial charge in [0.1, 0.15) is 24.4 Å². The molecule has 0 radical (unpaired) electrons. The summed E-state index contributed by atoms with van der Waals surface area (Å²) < 4.78 is 55.4. The number of ether oxygens (including phenoxy) is 3. The van der Waals surface area contributed by atoms with Gasteiger partial charge in [0.2, 0.25) is 5.91 Å². The van der Waals surface area contributed by atoms with Gasteiger partial charge in [-0.3, -0.25) is 18.9 Å². The number of benzene rings is 2. The highest BCUT2D eigenvalue weighted by Gasteiger charge is 2.50. The van der Waals surface area contributed by atoms with E-state index in [9.17, 15) is 37.6 Å². The molecule has 2 aromatic rings. The molecule has 3 rings (SSSR count). The van der Waals surface area contributed by atoms with Gasteiger partial charge in [-0.15, -0.1) is 0 Å². The Morgan fingerprint density at radius 1 is 0.636 bits per heavy atom. The SMILES string of the molecule is CCCCCCCCCCCC(CC(=O)N[C@H]1C(O)O[C@H](CO)[C@@H](OS(=O)(=O)O)[C@@H]1OC(=O)CCCCCCCCCc1ccccc1)OC(=O)CCCCCCCCCc1ccccc1. The lowest BCUT2D eigenvalue weighted by Crippen LogP contribution is -2.66. The lowest BCUT2D eigenvalue weighted by atomic mass is 9.96. The number of carbonyl (C=O) groups is 3. The minimum absolute atomic E-state index is 0.0317. The fourth-order valence-corrected chi connectivity index (χ4v) is 9.18. The van der Waals surface area contributed by atoms with E-state index in [1.807, 2.05) is 24.3 Å². The third-order valence-electron chi connectivity index (χ3n) is 12.4. The molecule has 374 valence electrons. The van der Waals surface area contributed by atoms with Crippen LogP contribution in [0.5, 0.6) is 0 Å². The van der Waals surface area contributed by atoms with Gasteiger partial charge in [-0.25, -0.2) is 4.18 Å². The Bertz CT molecular complexity index is 1680. The lowest BCUT2D eigenvalue weighted by Gasteiger charge is -2.43. The second-order valence-corrected chi connectivity index (χ2v) is 19.2. The van der Waals surface area contributed by atoms with Crippen molar-refractivity contribution in [1.82, 2.24) is 5.32 Å². The van der Waals surface area contributed by atoms with Crippen molar-refractivity contribution in [3.8, 4) is 0 Å². The Balaban J connectivity index is 1.53. The molecule has 1 heterocycles. The number of nitrogens with one attached hydrogen (secondary N) is 1. The highest BCUT2D eigenvalue weighted by atomic mass is 32.3. The average molecular weight is 946 g/mol. The largest absolute Gasteiger partial charge is 0.462 e. The summed E-state index contributed by atoms with van der Waals surface area (Å²) >= 11 is 0. The predicted octanol–water partition coefficient (Wildman–Crippen LogP) is 10.2. The van der Waals surface area contributed by atoms with Crippen molar-refractivity contribution in [3.63, 3.8) is 0 Å². The van der Waals surface area contributed by atoms with Crippen molar-refractivity contribution < 1.29 is 56.0 Å². The molecule has 1 saturated heterocycles. The third-order valence-corrected chi connectivity index (χ3v) is 12.9. The number of rotatable bonds is 38. The summed E-state index contributed by atoms with van der Waals surface area (Å²) in [6.45, 7) is 1.34. The van der Waals surface area contributed by atoms with Gasteiger partial charge in [0.15, 0.2) is 12.4 Å². The van der Waals surface area contributed by atoms with Gasteiger partial charge in [-0.1, -0.05) is 183 Å². The first kappa shape index (κ1) is 56.9. The quantitative estimate of drug-likeness (QED) is 0.0283. The van der Waals surface area contributed by atoms with Gasteiger partial charge >= 0.3 is 22.3 Å². The zero-order chi connectivity index (χ0) is 47.7. The van der Waals surface area contributed by atoms with Crippen LogP contribution in [0, 0.1) is 0 Å². The van der Waals surface area contributed by atoms with E-state index in [0.717, 1.165) is 109 Å². The minimum atomic E-state index is -5.17. The van der Waals surface area contributed by atoms with Crippen molar-refractivity contribution in [1.29, 1.82) is 0 Å². The first-order valence-corrected chi connectivity index (χ1v) is 26.7. The van der Waals surface area contributed by atoms with Crippen LogP contribution in [0.1, 0.15) is 191 Å². The number of aliphatic hydroxyl groups is 2. The molecular formula is C52H83NO12S. The summed E-state index contributed by atoms with van der Waals surface area (Å²) in [4.78, 5) is 40.0. The van der Waals surface area contributed by atoms with E-state index in [1.54, 1.807) is 0 Å². The van der Waals surface area contributed by atoms with Crippen molar-refractivity contribution in [2.75, 3.05) is 6.61 Å². The molecule has 1 aliphatic rings. The molecule has 0 bridgehead atoms. The number of aliphatic hydroxyl groups excluding tert-OH is 2. The summed E-state index contributed by atoms with van der Waals surface area (Å²) in [6, 6.07) is 19.3. The molecule has 2 unspecified atom stereocenters. The molecule has 4 N–H and O–H groups in total. The minimum Gasteiger partial charge on any atom is -0.462 e. The Hall–Kier alpha value is -3.40. The molecule has 0 saturated carbocycles. The van der Waals surface area contributed by atoms with E-state index in [-0.39, 0.29) is 19.3 Å². The highest BCUT2D eigenvalue weighted by Crippen LogP contribution is 2.28. The van der Waals surface area contributed by atoms with Crippen LogP contribution in [-0.2, 0) is 56.0 Å². The molecule has 66 heavy (non-hydrogen) atoms. The molecule has 14 heteroatoms. The van der Waals surface area contributed by atoms with Crippen LogP contribution < -0.4 is 5.32 Å². The van der Waals surface area contributed by atoms with Gasteiger partial charge in [0.05, 0.1) is 13.0 Å². The van der Waals surface area contributed by atoms with Gasteiger partial charge in [-0.05, 0) is 62.5 Å². The number of esters is 2. The van der Waals surface area contributed by atoms with E-state index in [1.165, 1.54) is 49.7 Å². The van der Waals surface area contributed by atoms with E-state index in [0.29, 0.717) is 19.3 Å². The Morgan fingerprint density at radius 3 is 1.58 bits per heavy atom. The average Bonchev–Trinajstić information content (AvgIpc) is 3.29. The Labute approximate surface area is 396 Å². The Kier molecular flexibility index (Phi) is 30.0. The van der Waals surface area contributed by atoms with Gasteiger partial charge < -0.3 is 29.7 Å². The third kappa shape index (κ3) is 26.2. The van der Waals surface area contributed by atoms with Crippen LogP contribution in [0.4, 0.5) is 0 Å². The molecule has 6 atom stereocenters. The lowest BCUT2D eigenvalue weighted by molar-refractivity contribution is -0.254. The first-order valence-electron chi connectivity index (χ1n) is 25.3. The van der Waals surface area contributed by atoms with Crippen LogP contribution >= 0.6 is 0 Å². The molecule has 1 amide bonds. The molecule has 13 nitrogen and oxygen atoms in total. The number of amides is 1. The zero-order valence-corrected chi connectivity index (χ0v) is 40.7. The molecule has 2 aromatic carbocycles. The maximum atomic E-state index is 13.7. The van der Waals surface area contributed by atoms with Crippen LogP contribution in [0.25, 0.3) is 0 Å². The normalized spacial score (nSPS) is 19.0. The second kappa shape index (κ2) is 34.8. The number of aryl methyl sites for hydroxylation is 2.